The summed E-state index contributed by atoms with van der Waals surface area (Å²) < 4.78 is 10.8. The summed E-state index contributed by atoms with van der Waals surface area (Å²) in [5.41, 5.74) is 0.492. The van der Waals surface area contributed by atoms with Crippen molar-refractivity contribution in [3.05, 3.63) is 35.3 Å². The molecule has 142 valence electrons. The van der Waals surface area contributed by atoms with Crippen LogP contribution in [0, 0.1) is 0 Å². The highest BCUT2D eigenvalue weighted by molar-refractivity contribution is 7.15. The molecule has 0 atom stereocenters. The molecule has 6 nitrogen and oxygen atoms in total. The van der Waals surface area contributed by atoms with Crippen LogP contribution in [-0.4, -0.2) is 35.0 Å². The number of hydrogen-bond donors (Lipinski definition) is 2. The van der Waals surface area contributed by atoms with Crippen LogP contribution in [0.25, 0.3) is 10.6 Å². The average molecular weight is 378 g/mol. The maximum atomic E-state index is 11.7. The van der Waals surface area contributed by atoms with Crippen LogP contribution in [0.4, 0.5) is 4.79 Å². The zero-order valence-electron chi connectivity index (χ0n) is 15.4. The van der Waals surface area contributed by atoms with Gasteiger partial charge in [-0.05, 0) is 57.9 Å². The van der Waals surface area contributed by atoms with E-state index in [1.54, 1.807) is 6.20 Å². The molecule has 1 aromatic carbocycles. The van der Waals surface area contributed by atoms with Crippen molar-refractivity contribution in [2.45, 2.75) is 45.8 Å². The van der Waals surface area contributed by atoms with Crippen molar-refractivity contribution in [1.82, 2.24) is 10.3 Å². The number of ether oxygens (including phenoxy) is 2. The highest BCUT2D eigenvalue weighted by atomic mass is 32.1. The van der Waals surface area contributed by atoms with E-state index in [0.29, 0.717) is 13.2 Å². The maximum absolute atomic E-state index is 11.7. The number of amides is 1. The molecule has 0 fully saturated rings. The number of aromatic nitrogens is 1. The summed E-state index contributed by atoms with van der Waals surface area (Å²) in [6.45, 7) is 6.67. The number of thiazole rings is 1. The highest BCUT2D eigenvalue weighted by Gasteiger charge is 2.16. The second-order valence-corrected chi connectivity index (χ2v) is 7.91. The molecule has 0 bridgehead atoms. The van der Waals surface area contributed by atoms with E-state index in [-0.39, 0.29) is 6.61 Å². The second kappa shape index (κ2) is 9.54. The van der Waals surface area contributed by atoms with Crippen LogP contribution in [0.1, 0.15) is 38.5 Å². The Labute approximate surface area is 158 Å². The van der Waals surface area contributed by atoms with Crippen molar-refractivity contribution in [1.29, 1.82) is 0 Å². The van der Waals surface area contributed by atoms with Crippen molar-refractivity contribution in [2.24, 2.45) is 0 Å². The van der Waals surface area contributed by atoms with Gasteiger partial charge in [0, 0.05) is 23.2 Å². The molecule has 2 rings (SSSR count). The van der Waals surface area contributed by atoms with E-state index in [0.717, 1.165) is 34.0 Å². The van der Waals surface area contributed by atoms with Gasteiger partial charge in [0.05, 0.1) is 13.2 Å². The van der Waals surface area contributed by atoms with E-state index in [1.807, 2.05) is 45.0 Å². The Morgan fingerprint density at radius 2 is 1.96 bits per heavy atom. The first-order valence-corrected chi connectivity index (χ1v) is 9.45. The lowest BCUT2D eigenvalue weighted by atomic mass is 10.2. The number of aliphatic hydroxyl groups is 1. The zero-order valence-corrected chi connectivity index (χ0v) is 16.3. The molecule has 0 aliphatic rings. The van der Waals surface area contributed by atoms with Gasteiger partial charge >= 0.3 is 6.09 Å². The van der Waals surface area contributed by atoms with E-state index in [1.165, 1.54) is 11.3 Å². The third-order valence-electron chi connectivity index (χ3n) is 3.28. The van der Waals surface area contributed by atoms with Crippen LogP contribution in [0.5, 0.6) is 5.75 Å². The Bertz CT molecular complexity index is 692. The SMILES string of the molecule is CC(C)(C)OC(=O)NCc1cnc(-c2ccc(OCCCCO)cc2)s1. The Balaban J connectivity index is 1.85. The Kier molecular flexibility index (Phi) is 7.41. The molecule has 0 radical (unpaired) electrons. The number of nitrogens with zero attached hydrogens (tertiary/aromatic N) is 1. The van der Waals surface area contributed by atoms with E-state index in [9.17, 15) is 4.79 Å². The number of aliphatic hydroxyl groups excluding tert-OH is 1. The summed E-state index contributed by atoms with van der Waals surface area (Å²) in [5.74, 6) is 0.801. The summed E-state index contributed by atoms with van der Waals surface area (Å²) in [6.07, 6.45) is 2.90. The topological polar surface area (TPSA) is 80.7 Å². The van der Waals surface area contributed by atoms with Crippen LogP contribution in [0.3, 0.4) is 0 Å². The second-order valence-electron chi connectivity index (χ2n) is 6.79. The number of nitrogens with one attached hydrogen (secondary N) is 1. The van der Waals surface area contributed by atoms with Gasteiger partial charge in [0.2, 0.25) is 0 Å². The molecule has 0 saturated carbocycles. The molecule has 1 aromatic heterocycles. The number of carbonyl (C=O) groups excluding carboxylic acids is 1. The van der Waals surface area contributed by atoms with Crippen LogP contribution in [0.2, 0.25) is 0 Å². The molecular weight excluding hydrogens is 352 g/mol. The summed E-state index contributed by atoms with van der Waals surface area (Å²) in [4.78, 5) is 17.1. The van der Waals surface area contributed by atoms with E-state index >= 15 is 0 Å². The summed E-state index contributed by atoms with van der Waals surface area (Å²) in [7, 11) is 0. The Hall–Kier alpha value is -2.12. The molecule has 2 aromatic rings. The van der Waals surface area contributed by atoms with Gasteiger partial charge in [-0.25, -0.2) is 9.78 Å². The molecule has 0 unspecified atom stereocenters. The number of carbonyl (C=O) groups is 1. The third kappa shape index (κ3) is 7.01. The smallest absolute Gasteiger partial charge is 0.407 e. The first-order chi connectivity index (χ1) is 12.4. The Morgan fingerprint density at radius 1 is 1.23 bits per heavy atom. The van der Waals surface area contributed by atoms with Gasteiger partial charge in [0.1, 0.15) is 16.4 Å². The van der Waals surface area contributed by atoms with Crippen molar-refractivity contribution >= 4 is 17.4 Å². The van der Waals surface area contributed by atoms with E-state index in [4.69, 9.17) is 14.6 Å². The minimum absolute atomic E-state index is 0.192. The number of alkyl carbamates (subject to hydrolysis) is 1. The first kappa shape index (κ1) is 20.2. The maximum Gasteiger partial charge on any atom is 0.407 e. The third-order valence-corrected chi connectivity index (χ3v) is 4.33. The minimum atomic E-state index is -0.509. The molecular formula is C19H26N2O4S. The quantitative estimate of drug-likeness (QED) is 0.679. The van der Waals surface area contributed by atoms with Gasteiger partial charge in [0.25, 0.3) is 0 Å². The van der Waals surface area contributed by atoms with Crippen molar-refractivity contribution in [2.75, 3.05) is 13.2 Å². The van der Waals surface area contributed by atoms with Crippen LogP contribution in [-0.2, 0) is 11.3 Å². The van der Waals surface area contributed by atoms with E-state index in [2.05, 4.69) is 10.3 Å². The van der Waals surface area contributed by atoms with Gasteiger partial charge in [-0.3, -0.25) is 0 Å². The van der Waals surface area contributed by atoms with Crippen LogP contribution < -0.4 is 10.1 Å². The van der Waals surface area contributed by atoms with Crippen LogP contribution >= 0.6 is 11.3 Å². The molecule has 7 heteroatoms. The zero-order chi connectivity index (χ0) is 19.0. The van der Waals surface area contributed by atoms with Gasteiger partial charge in [0.15, 0.2) is 0 Å². The summed E-state index contributed by atoms with van der Waals surface area (Å²) >= 11 is 1.53. The number of rotatable bonds is 8. The molecule has 0 spiro atoms. The Morgan fingerprint density at radius 3 is 2.62 bits per heavy atom. The molecule has 2 N–H and O–H groups in total. The monoisotopic (exact) mass is 378 g/mol. The van der Waals surface area contributed by atoms with Crippen molar-refractivity contribution < 1.29 is 19.4 Å². The predicted molar refractivity (Wildman–Crippen MR) is 102 cm³/mol. The van der Waals surface area contributed by atoms with Gasteiger partial charge in [-0.1, -0.05) is 0 Å². The summed E-state index contributed by atoms with van der Waals surface area (Å²) in [5, 5.41) is 12.4. The lowest BCUT2D eigenvalue weighted by molar-refractivity contribution is 0.0524. The molecule has 0 aliphatic heterocycles. The molecule has 1 amide bonds. The average Bonchev–Trinajstić information content (AvgIpc) is 3.05. The van der Waals surface area contributed by atoms with Gasteiger partial charge in [-0.15, -0.1) is 11.3 Å². The number of hydrogen-bond acceptors (Lipinski definition) is 6. The lowest BCUT2D eigenvalue weighted by Crippen LogP contribution is -2.31. The van der Waals surface area contributed by atoms with Crippen molar-refractivity contribution in [3.63, 3.8) is 0 Å². The van der Waals surface area contributed by atoms with Crippen molar-refractivity contribution in [3.8, 4) is 16.3 Å². The molecule has 1 heterocycles. The van der Waals surface area contributed by atoms with Gasteiger partial charge in [-0.2, -0.15) is 0 Å². The van der Waals surface area contributed by atoms with E-state index < -0.39 is 11.7 Å². The number of benzene rings is 1. The minimum Gasteiger partial charge on any atom is -0.494 e. The fourth-order valence-corrected chi connectivity index (χ4v) is 2.95. The first-order valence-electron chi connectivity index (χ1n) is 8.63. The highest BCUT2D eigenvalue weighted by Crippen LogP contribution is 2.27. The number of unbranched alkanes of at least 4 members (excludes halogenated alkanes) is 1. The largest absolute Gasteiger partial charge is 0.494 e. The predicted octanol–water partition coefficient (Wildman–Crippen LogP) is 3.99. The molecule has 26 heavy (non-hydrogen) atoms. The lowest BCUT2D eigenvalue weighted by Gasteiger charge is -2.19. The standard InChI is InChI=1S/C19H26N2O4S/c1-19(2,3)25-18(23)21-13-16-12-20-17(26-16)14-6-8-15(9-7-14)24-11-5-4-10-22/h6-9,12,22H,4-5,10-11,13H2,1-3H3,(H,21,23). The van der Waals surface area contributed by atoms with Gasteiger partial charge < -0.3 is 19.9 Å². The molecule has 0 aliphatic carbocycles. The normalized spacial score (nSPS) is 11.2. The summed E-state index contributed by atoms with van der Waals surface area (Å²) in [6, 6.07) is 7.75. The van der Waals surface area contributed by atoms with Crippen LogP contribution in [0.15, 0.2) is 30.5 Å². The molecule has 0 saturated heterocycles. The fourth-order valence-electron chi connectivity index (χ4n) is 2.09. The fraction of sp³-hybridized carbons (Fsp3) is 0.474.